The lowest BCUT2D eigenvalue weighted by Crippen LogP contribution is -2.40. The van der Waals surface area contributed by atoms with E-state index < -0.39 is 5.97 Å². The maximum Gasteiger partial charge on any atom is 0.317 e. The Balaban J connectivity index is 0.00000392. The number of ether oxygens (including phenoxy) is 1. The van der Waals surface area contributed by atoms with Crippen molar-refractivity contribution in [3.8, 4) is 5.75 Å². The lowest BCUT2D eigenvalue weighted by Gasteiger charge is -2.25. The first-order chi connectivity index (χ1) is 12.9. The van der Waals surface area contributed by atoms with E-state index in [4.69, 9.17) is 21.4 Å². The van der Waals surface area contributed by atoms with E-state index in [9.17, 15) is 9.59 Å². The number of nitrogens with one attached hydrogen (secondary N) is 1. The number of hydrogen-bond donors (Lipinski definition) is 2. The number of amides is 1. The minimum Gasteiger partial charge on any atom is -0.492 e. The van der Waals surface area contributed by atoms with Gasteiger partial charge in [-0.1, -0.05) is 11.6 Å². The molecule has 1 aliphatic heterocycles. The van der Waals surface area contributed by atoms with Gasteiger partial charge in [0.25, 0.3) is 0 Å². The summed E-state index contributed by atoms with van der Waals surface area (Å²) in [4.78, 5) is 27.0. The van der Waals surface area contributed by atoms with Crippen LogP contribution >= 0.6 is 24.0 Å². The Hall–Kier alpha value is -1.54. The number of likely N-dealkylation sites (tertiary alicyclic amines) is 1. The number of halogens is 2. The predicted octanol–water partition coefficient (Wildman–Crippen LogP) is 2.13. The maximum absolute atomic E-state index is 12.1. The first-order valence-corrected chi connectivity index (χ1v) is 9.61. The van der Waals surface area contributed by atoms with Crippen LogP contribution in [0, 0.1) is 0 Å². The molecule has 0 radical (unpaired) electrons. The van der Waals surface area contributed by atoms with Crippen molar-refractivity contribution < 1.29 is 19.4 Å². The SMILES string of the molecule is CN(CC(=O)O)C1CCCN(CC(=O)NCCOc2ccc(Cl)cc2)CC1.Cl. The molecule has 1 aromatic rings. The second kappa shape index (κ2) is 12.8. The molecular formula is C19H29Cl2N3O4. The molecule has 1 amide bonds. The fourth-order valence-electron chi connectivity index (χ4n) is 3.23. The third-order valence-corrected chi connectivity index (χ3v) is 4.92. The molecule has 28 heavy (non-hydrogen) atoms. The minimum absolute atomic E-state index is 0. The largest absolute Gasteiger partial charge is 0.492 e. The van der Waals surface area contributed by atoms with Crippen molar-refractivity contribution in [3.63, 3.8) is 0 Å². The third-order valence-electron chi connectivity index (χ3n) is 4.67. The Kier molecular flexibility index (Phi) is 11.2. The molecule has 1 heterocycles. The van der Waals surface area contributed by atoms with Gasteiger partial charge in [-0.25, -0.2) is 0 Å². The summed E-state index contributed by atoms with van der Waals surface area (Å²) in [6.45, 7) is 2.90. The maximum atomic E-state index is 12.1. The smallest absolute Gasteiger partial charge is 0.317 e. The van der Waals surface area contributed by atoms with Crippen LogP contribution in [-0.2, 0) is 9.59 Å². The van der Waals surface area contributed by atoms with Crippen LogP contribution in [0.4, 0.5) is 0 Å². The van der Waals surface area contributed by atoms with Gasteiger partial charge in [-0.15, -0.1) is 12.4 Å². The summed E-state index contributed by atoms with van der Waals surface area (Å²) in [5, 5.41) is 12.5. The highest BCUT2D eigenvalue weighted by molar-refractivity contribution is 6.30. The lowest BCUT2D eigenvalue weighted by molar-refractivity contribution is -0.138. The molecule has 1 aromatic carbocycles. The number of nitrogens with zero attached hydrogens (tertiary/aromatic N) is 2. The number of benzene rings is 1. The van der Waals surface area contributed by atoms with Gasteiger partial charge in [0.2, 0.25) is 5.91 Å². The minimum atomic E-state index is -0.807. The van der Waals surface area contributed by atoms with Gasteiger partial charge in [-0.2, -0.15) is 0 Å². The lowest BCUT2D eigenvalue weighted by atomic mass is 10.1. The molecule has 0 aromatic heterocycles. The molecule has 1 unspecified atom stereocenters. The summed E-state index contributed by atoms with van der Waals surface area (Å²) < 4.78 is 5.55. The molecule has 1 saturated heterocycles. The Labute approximate surface area is 177 Å². The molecule has 0 saturated carbocycles. The zero-order chi connectivity index (χ0) is 19.6. The molecule has 0 bridgehead atoms. The van der Waals surface area contributed by atoms with Gasteiger partial charge >= 0.3 is 5.97 Å². The van der Waals surface area contributed by atoms with E-state index in [1.54, 1.807) is 24.3 Å². The quantitative estimate of drug-likeness (QED) is 0.580. The number of hydrogen-bond acceptors (Lipinski definition) is 5. The van der Waals surface area contributed by atoms with Crippen LogP contribution in [0.5, 0.6) is 5.75 Å². The normalized spacial score (nSPS) is 17.5. The highest BCUT2D eigenvalue weighted by Gasteiger charge is 2.22. The third kappa shape index (κ3) is 9.10. The molecule has 1 fully saturated rings. The van der Waals surface area contributed by atoms with E-state index in [1.165, 1.54) is 0 Å². The van der Waals surface area contributed by atoms with Crippen LogP contribution in [0.3, 0.4) is 0 Å². The summed E-state index contributed by atoms with van der Waals surface area (Å²) in [5.74, 6) is -0.108. The number of carboxylic acids is 1. The highest BCUT2D eigenvalue weighted by atomic mass is 35.5. The molecule has 0 spiro atoms. The van der Waals surface area contributed by atoms with Crippen LogP contribution in [0.15, 0.2) is 24.3 Å². The van der Waals surface area contributed by atoms with Crippen LogP contribution in [0.1, 0.15) is 19.3 Å². The van der Waals surface area contributed by atoms with Gasteiger partial charge in [0, 0.05) is 17.6 Å². The summed E-state index contributed by atoms with van der Waals surface area (Å²) in [7, 11) is 1.85. The molecular weight excluding hydrogens is 405 g/mol. The predicted molar refractivity (Wildman–Crippen MR) is 112 cm³/mol. The molecule has 2 N–H and O–H groups in total. The van der Waals surface area contributed by atoms with Crippen molar-refractivity contribution in [3.05, 3.63) is 29.3 Å². The summed E-state index contributed by atoms with van der Waals surface area (Å²) in [6, 6.07) is 7.35. The van der Waals surface area contributed by atoms with Crippen LogP contribution < -0.4 is 10.1 Å². The van der Waals surface area contributed by atoms with E-state index in [0.29, 0.717) is 24.7 Å². The zero-order valence-electron chi connectivity index (χ0n) is 16.1. The number of carboxylic acid groups (broad SMARTS) is 1. The summed E-state index contributed by atoms with van der Waals surface area (Å²) in [6.07, 6.45) is 2.79. The van der Waals surface area contributed by atoms with E-state index in [0.717, 1.165) is 38.1 Å². The first-order valence-electron chi connectivity index (χ1n) is 9.23. The monoisotopic (exact) mass is 433 g/mol. The van der Waals surface area contributed by atoms with Crippen molar-refractivity contribution in [2.75, 3.05) is 46.4 Å². The number of likely N-dealkylation sites (N-methyl/N-ethyl adjacent to an activating group) is 1. The first kappa shape index (κ1) is 24.5. The van der Waals surface area contributed by atoms with E-state index in [-0.39, 0.29) is 30.9 Å². The molecule has 0 aliphatic carbocycles. The van der Waals surface area contributed by atoms with E-state index >= 15 is 0 Å². The van der Waals surface area contributed by atoms with Gasteiger partial charge in [-0.3, -0.25) is 19.4 Å². The second-order valence-corrected chi connectivity index (χ2v) is 7.26. The topological polar surface area (TPSA) is 82.1 Å². The number of carbonyl (C=O) groups is 2. The van der Waals surface area contributed by atoms with Gasteiger partial charge in [0.15, 0.2) is 0 Å². The van der Waals surface area contributed by atoms with Gasteiger partial charge in [0.1, 0.15) is 12.4 Å². The molecule has 1 atom stereocenters. The van der Waals surface area contributed by atoms with Gasteiger partial charge < -0.3 is 15.2 Å². The van der Waals surface area contributed by atoms with Gasteiger partial charge in [-0.05, 0) is 57.1 Å². The van der Waals surface area contributed by atoms with Crippen molar-refractivity contribution in [2.24, 2.45) is 0 Å². The van der Waals surface area contributed by atoms with Crippen molar-refractivity contribution >= 4 is 35.9 Å². The fraction of sp³-hybridized carbons (Fsp3) is 0.579. The Morgan fingerprint density at radius 1 is 1.29 bits per heavy atom. The fourth-order valence-corrected chi connectivity index (χ4v) is 3.35. The van der Waals surface area contributed by atoms with Crippen molar-refractivity contribution in [2.45, 2.75) is 25.3 Å². The Bertz CT molecular complexity index is 616. The Morgan fingerprint density at radius 2 is 2.00 bits per heavy atom. The average Bonchev–Trinajstić information content (AvgIpc) is 2.85. The standard InChI is InChI=1S/C19H28ClN3O4.ClH/c1-22(14-19(25)26)16-3-2-10-23(11-8-16)13-18(24)21-9-12-27-17-6-4-15(20)5-7-17;/h4-7,16H,2-3,8-14H2,1H3,(H,21,24)(H,25,26);1H. The van der Waals surface area contributed by atoms with Gasteiger partial charge in [0.05, 0.1) is 19.6 Å². The molecule has 158 valence electrons. The van der Waals surface area contributed by atoms with E-state index in [2.05, 4.69) is 10.2 Å². The average molecular weight is 434 g/mol. The summed E-state index contributed by atoms with van der Waals surface area (Å²) >= 11 is 5.82. The van der Waals surface area contributed by atoms with Crippen molar-refractivity contribution in [1.29, 1.82) is 0 Å². The number of carbonyl (C=O) groups excluding carboxylic acids is 1. The Morgan fingerprint density at radius 3 is 2.68 bits per heavy atom. The molecule has 9 heteroatoms. The summed E-state index contributed by atoms with van der Waals surface area (Å²) in [5.41, 5.74) is 0. The van der Waals surface area contributed by atoms with Crippen LogP contribution in [0.25, 0.3) is 0 Å². The van der Waals surface area contributed by atoms with E-state index in [1.807, 2.05) is 11.9 Å². The van der Waals surface area contributed by atoms with Crippen molar-refractivity contribution in [1.82, 2.24) is 15.1 Å². The van der Waals surface area contributed by atoms with Crippen LogP contribution in [0.2, 0.25) is 5.02 Å². The molecule has 7 nitrogen and oxygen atoms in total. The molecule has 2 rings (SSSR count). The van der Waals surface area contributed by atoms with Crippen LogP contribution in [-0.4, -0.2) is 79.2 Å². The number of aliphatic carboxylic acids is 1. The zero-order valence-corrected chi connectivity index (χ0v) is 17.7. The second-order valence-electron chi connectivity index (χ2n) is 6.82. The highest BCUT2D eigenvalue weighted by Crippen LogP contribution is 2.16. The number of rotatable bonds is 9. The molecule has 1 aliphatic rings.